The first-order valence-corrected chi connectivity index (χ1v) is 11.8. The first-order chi connectivity index (χ1) is 17.7. The predicted octanol–water partition coefficient (Wildman–Crippen LogP) is 5.75. The number of rotatable bonds is 5. The van der Waals surface area contributed by atoms with Crippen molar-refractivity contribution in [2.45, 2.75) is 25.1 Å². The summed E-state index contributed by atoms with van der Waals surface area (Å²) in [6, 6.07) is 14.7. The highest BCUT2D eigenvalue weighted by molar-refractivity contribution is 6.29. The predicted molar refractivity (Wildman–Crippen MR) is 132 cm³/mol. The summed E-state index contributed by atoms with van der Waals surface area (Å²) in [5.74, 6) is -0.118. The van der Waals surface area contributed by atoms with E-state index < -0.39 is 24.7 Å². The minimum Gasteiger partial charge on any atom is -0.496 e. The molecule has 1 aliphatic heterocycles. The molecule has 3 heterocycles. The Bertz CT molecular complexity index is 1460. The Morgan fingerprint density at radius 3 is 2.68 bits per heavy atom. The standard InChI is InChI=1S/C26H21ClF3N5O2/c1-37-23-12-18(6-8-19(23)17-10-11-31-24(27)13-17)20-14-35(33-32-20)22-9-7-16-4-2-3-5-21(16)34(25(22)36)15-26(28,29)30/h2-6,8,10-14,22H,7,9,15H2,1H3. The highest BCUT2D eigenvalue weighted by Gasteiger charge is 2.39. The van der Waals surface area contributed by atoms with Crippen LogP contribution in [0.2, 0.25) is 5.15 Å². The number of pyridine rings is 1. The number of hydrogen-bond donors (Lipinski definition) is 0. The van der Waals surface area contributed by atoms with Gasteiger partial charge in [0.1, 0.15) is 29.2 Å². The number of alkyl halides is 3. The average Bonchev–Trinajstić information content (AvgIpc) is 3.32. The molecule has 2 aromatic heterocycles. The van der Waals surface area contributed by atoms with Crippen molar-refractivity contribution in [2.24, 2.45) is 0 Å². The van der Waals surface area contributed by atoms with Gasteiger partial charge in [-0.25, -0.2) is 9.67 Å². The molecule has 1 unspecified atom stereocenters. The number of ether oxygens (including phenoxy) is 1. The monoisotopic (exact) mass is 527 g/mol. The Morgan fingerprint density at radius 1 is 1.11 bits per heavy atom. The van der Waals surface area contributed by atoms with Crippen LogP contribution in [-0.2, 0) is 11.2 Å². The number of para-hydroxylation sites is 1. The third-order valence-corrected chi connectivity index (χ3v) is 6.43. The van der Waals surface area contributed by atoms with Crippen LogP contribution in [-0.4, -0.2) is 45.7 Å². The molecule has 1 aliphatic rings. The molecule has 0 aliphatic carbocycles. The zero-order chi connectivity index (χ0) is 26.2. The molecular formula is C26H21ClF3N5O2. The molecule has 11 heteroatoms. The molecule has 0 fully saturated rings. The van der Waals surface area contributed by atoms with Gasteiger partial charge >= 0.3 is 6.18 Å². The van der Waals surface area contributed by atoms with E-state index in [9.17, 15) is 18.0 Å². The summed E-state index contributed by atoms with van der Waals surface area (Å²) in [6.07, 6.45) is -0.670. The number of aryl methyl sites for hydroxylation is 1. The molecule has 4 aromatic rings. The van der Waals surface area contributed by atoms with Gasteiger partial charge in [0.05, 0.1) is 13.3 Å². The van der Waals surface area contributed by atoms with Gasteiger partial charge in [0.2, 0.25) is 0 Å². The molecule has 0 N–H and O–H groups in total. The molecule has 1 atom stereocenters. The quantitative estimate of drug-likeness (QED) is 0.309. The average molecular weight is 528 g/mol. The Balaban J connectivity index is 1.46. The van der Waals surface area contributed by atoms with Crippen LogP contribution < -0.4 is 9.64 Å². The molecule has 0 spiro atoms. The summed E-state index contributed by atoms with van der Waals surface area (Å²) in [6.45, 7) is -1.38. The number of carbonyl (C=O) groups is 1. The van der Waals surface area contributed by atoms with Gasteiger partial charge < -0.3 is 9.64 Å². The molecule has 1 amide bonds. The van der Waals surface area contributed by atoms with Crippen molar-refractivity contribution >= 4 is 23.2 Å². The van der Waals surface area contributed by atoms with Gasteiger partial charge in [-0.1, -0.05) is 41.1 Å². The van der Waals surface area contributed by atoms with E-state index in [1.165, 1.54) is 10.7 Å². The van der Waals surface area contributed by atoms with Gasteiger partial charge in [-0.3, -0.25) is 4.79 Å². The van der Waals surface area contributed by atoms with Crippen LogP contribution in [0, 0.1) is 0 Å². The van der Waals surface area contributed by atoms with Crippen LogP contribution in [0.1, 0.15) is 18.0 Å². The maximum absolute atomic E-state index is 13.4. The minimum absolute atomic E-state index is 0.268. The van der Waals surface area contributed by atoms with E-state index in [1.807, 2.05) is 18.2 Å². The van der Waals surface area contributed by atoms with E-state index in [2.05, 4.69) is 15.3 Å². The van der Waals surface area contributed by atoms with Gasteiger partial charge in [0.25, 0.3) is 5.91 Å². The van der Waals surface area contributed by atoms with Crippen molar-refractivity contribution in [1.29, 1.82) is 0 Å². The lowest BCUT2D eigenvalue weighted by Gasteiger charge is -2.26. The molecule has 190 valence electrons. The number of aromatic nitrogens is 4. The molecule has 0 bridgehead atoms. The number of anilines is 1. The van der Waals surface area contributed by atoms with E-state index in [0.717, 1.165) is 16.0 Å². The molecule has 7 nitrogen and oxygen atoms in total. The maximum Gasteiger partial charge on any atom is 0.406 e. The van der Waals surface area contributed by atoms with Crippen molar-refractivity contribution < 1.29 is 22.7 Å². The first-order valence-electron chi connectivity index (χ1n) is 11.4. The van der Waals surface area contributed by atoms with E-state index >= 15 is 0 Å². The highest BCUT2D eigenvalue weighted by atomic mass is 35.5. The van der Waals surface area contributed by atoms with E-state index in [1.54, 1.807) is 49.8 Å². The lowest BCUT2D eigenvalue weighted by molar-refractivity contribution is -0.134. The second-order valence-corrected chi connectivity index (χ2v) is 8.98. The van der Waals surface area contributed by atoms with Crippen molar-refractivity contribution in [3.05, 3.63) is 77.7 Å². The van der Waals surface area contributed by atoms with Gasteiger partial charge in [-0.2, -0.15) is 13.2 Å². The van der Waals surface area contributed by atoms with Gasteiger partial charge in [0.15, 0.2) is 0 Å². The Hall–Kier alpha value is -3.92. The lowest BCUT2D eigenvalue weighted by Crippen LogP contribution is -2.42. The second-order valence-electron chi connectivity index (χ2n) is 8.59. The molecule has 0 saturated carbocycles. The summed E-state index contributed by atoms with van der Waals surface area (Å²) in [5.41, 5.74) is 3.68. The van der Waals surface area contributed by atoms with Crippen molar-refractivity contribution in [3.8, 4) is 28.1 Å². The minimum atomic E-state index is -4.55. The number of amides is 1. The zero-order valence-electron chi connectivity index (χ0n) is 19.6. The van der Waals surface area contributed by atoms with Crippen LogP contribution in [0.4, 0.5) is 18.9 Å². The zero-order valence-corrected chi connectivity index (χ0v) is 20.4. The first kappa shape index (κ1) is 24.8. The van der Waals surface area contributed by atoms with E-state index in [4.69, 9.17) is 16.3 Å². The van der Waals surface area contributed by atoms with E-state index in [0.29, 0.717) is 34.1 Å². The summed E-state index contributed by atoms with van der Waals surface area (Å²) in [7, 11) is 1.54. The number of halogens is 4. The summed E-state index contributed by atoms with van der Waals surface area (Å²) < 4.78 is 47.1. The highest BCUT2D eigenvalue weighted by Crippen LogP contribution is 2.36. The van der Waals surface area contributed by atoms with Crippen molar-refractivity contribution in [1.82, 2.24) is 20.0 Å². The molecular weight excluding hydrogens is 507 g/mol. The topological polar surface area (TPSA) is 73.1 Å². The van der Waals surface area contributed by atoms with Crippen LogP contribution in [0.5, 0.6) is 5.75 Å². The summed E-state index contributed by atoms with van der Waals surface area (Å²) >= 11 is 6.03. The number of nitrogens with zero attached hydrogens (tertiary/aromatic N) is 5. The Kier molecular flexibility index (Phi) is 6.59. The third-order valence-electron chi connectivity index (χ3n) is 6.22. The summed E-state index contributed by atoms with van der Waals surface area (Å²) in [4.78, 5) is 18.2. The fourth-order valence-electron chi connectivity index (χ4n) is 4.51. The van der Waals surface area contributed by atoms with Gasteiger partial charge in [-0.15, -0.1) is 5.10 Å². The number of hydrogen-bond acceptors (Lipinski definition) is 5. The number of carbonyl (C=O) groups excluding carboxylic acids is 1. The molecule has 0 radical (unpaired) electrons. The molecule has 37 heavy (non-hydrogen) atoms. The fourth-order valence-corrected chi connectivity index (χ4v) is 4.68. The second kappa shape index (κ2) is 9.85. The van der Waals surface area contributed by atoms with E-state index in [-0.39, 0.29) is 12.1 Å². The van der Waals surface area contributed by atoms with Crippen molar-refractivity contribution in [3.63, 3.8) is 0 Å². The van der Waals surface area contributed by atoms with Crippen molar-refractivity contribution in [2.75, 3.05) is 18.6 Å². The largest absolute Gasteiger partial charge is 0.496 e. The summed E-state index contributed by atoms with van der Waals surface area (Å²) in [5, 5.41) is 8.67. The molecule has 5 rings (SSSR count). The van der Waals surface area contributed by atoms with Crippen LogP contribution in [0.25, 0.3) is 22.4 Å². The smallest absolute Gasteiger partial charge is 0.406 e. The maximum atomic E-state index is 13.4. The Morgan fingerprint density at radius 2 is 1.92 bits per heavy atom. The van der Waals surface area contributed by atoms with Crippen LogP contribution in [0.3, 0.4) is 0 Å². The third kappa shape index (κ3) is 5.15. The normalized spacial score (nSPS) is 15.9. The molecule has 0 saturated heterocycles. The number of fused-ring (bicyclic) bond motifs is 1. The molecule has 2 aromatic carbocycles. The Labute approximate surface area is 215 Å². The SMILES string of the molecule is COc1cc(-c2cn(C3CCc4ccccc4N(CC(F)(F)F)C3=O)nn2)ccc1-c1ccnc(Cl)c1. The van der Waals surface area contributed by atoms with Crippen LogP contribution >= 0.6 is 11.6 Å². The lowest BCUT2D eigenvalue weighted by atomic mass is 10.0. The van der Waals surface area contributed by atoms with Gasteiger partial charge in [0, 0.05) is 23.0 Å². The van der Waals surface area contributed by atoms with Crippen LogP contribution in [0.15, 0.2) is 67.0 Å². The fraction of sp³-hybridized carbons (Fsp3) is 0.231. The number of benzene rings is 2. The van der Waals surface area contributed by atoms with Gasteiger partial charge in [-0.05, 0) is 54.3 Å². The number of methoxy groups -OCH3 is 1.